The van der Waals surface area contributed by atoms with E-state index in [9.17, 15) is 17.6 Å². The van der Waals surface area contributed by atoms with Gasteiger partial charge in [0.05, 0.1) is 6.61 Å². The van der Waals surface area contributed by atoms with Crippen LogP contribution in [0.15, 0.2) is 24.3 Å². The highest BCUT2D eigenvalue weighted by Gasteiger charge is 2.40. The van der Waals surface area contributed by atoms with Crippen LogP contribution in [0.3, 0.4) is 0 Å². The minimum Gasteiger partial charge on any atom is -0.370 e. The molecular weight excluding hydrogens is 262 g/mol. The lowest BCUT2D eigenvalue weighted by Crippen LogP contribution is -2.32. The van der Waals surface area contributed by atoms with Crippen molar-refractivity contribution in [2.75, 3.05) is 13.2 Å². The number of halogens is 4. The molecule has 0 fully saturated rings. The monoisotopic (exact) mass is 279 g/mol. The zero-order valence-electron chi connectivity index (χ0n) is 10.6. The highest BCUT2D eigenvalue weighted by molar-refractivity contribution is 5.26. The van der Waals surface area contributed by atoms with E-state index in [-0.39, 0.29) is 6.61 Å². The minimum absolute atomic E-state index is 0.107. The molecule has 0 saturated carbocycles. The number of rotatable bonds is 8. The lowest BCUT2D eigenvalue weighted by Gasteiger charge is -2.16. The molecule has 6 heteroatoms. The average molecular weight is 279 g/mol. The second kappa shape index (κ2) is 7.45. The summed E-state index contributed by atoms with van der Waals surface area (Å²) in [6.07, 6.45) is -3.70. The van der Waals surface area contributed by atoms with Gasteiger partial charge >= 0.3 is 12.3 Å². The van der Waals surface area contributed by atoms with Crippen LogP contribution in [-0.4, -0.2) is 25.5 Å². The van der Waals surface area contributed by atoms with E-state index in [1.54, 1.807) is 12.1 Å². The van der Waals surface area contributed by atoms with Crippen molar-refractivity contribution in [3.63, 3.8) is 0 Å². The van der Waals surface area contributed by atoms with Crippen LogP contribution in [0.25, 0.3) is 0 Å². The van der Waals surface area contributed by atoms with Crippen molar-refractivity contribution in [3.05, 3.63) is 35.4 Å². The summed E-state index contributed by atoms with van der Waals surface area (Å²) < 4.78 is 53.9. The largest absolute Gasteiger partial charge is 0.370 e. The smallest absolute Gasteiger partial charge is 0.330 e. The van der Waals surface area contributed by atoms with Crippen LogP contribution in [-0.2, 0) is 17.9 Å². The molecule has 1 aromatic carbocycles. The second-order valence-corrected chi connectivity index (χ2v) is 4.10. The van der Waals surface area contributed by atoms with Gasteiger partial charge in [-0.05, 0) is 17.7 Å². The van der Waals surface area contributed by atoms with E-state index in [0.717, 1.165) is 12.1 Å². The average Bonchev–Trinajstić information content (AvgIpc) is 2.37. The van der Waals surface area contributed by atoms with Crippen LogP contribution in [0.1, 0.15) is 18.1 Å². The number of alkyl halides is 4. The minimum atomic E-state index is -4.10. The molecule has 1 N–H and O–H groups in total. The molecule has 0 amide bonds. The van der Waals surface area contributed by atoms with Crippen molar-refractivity contribution in [1.29, 1.82) is 0 Å². The summed E-state index contributed by atoms with van der Waals surface area (Å²) >= 11 is 0. The molecule has 1 rings (SSSR count). The maximum absolute atomic E-state index is 12.7. The first-order valence-corrected chi connectivity index (χ1v) is 5.98. The Morgan fingerprint density at radius 1 is 1.21 bits per heavy atom. The zero-order valence-corrected chi connectivity index (χ0v) is 10.6. The second-order valence-electron chi connectivity index (χ2n) is 4.10. The highest BCUT2D eigenvalue weighted by Crippen LogP contribution is 2.23. The Kier molecular flexibility index (Phi) is 6.24. The van der Waals surface area contributed by atoms with Gasteiger partial charge < -0.3 is 10.1 Å². The van der Waals surface area contributed by atoms with E-state index >= 15 is 0 Å². The number of nitrogens with one attached hydrogen (secondary N) is 1. The van der Waals surface area contributed by atoms with Crippen LogP contribution < -0.4 is 5.32 Å². The zero-order chi connectivity index (χ0) is 14.3. The Morgan fingerprint density at radius 2 is 1.84 bits per heavy atom. The van der Waals surface area contributed by atoms with E-state index in [2.05, 4.69) is 5.32 Å². The number of hydrogen-bond acceptors (Lipinski definition) is 2. The molecule has 2 nitrogen and oxygen atoms in total. The Balaban J connectivity index is 2.53. The molecule has 0 saturated heterocycles. The summed E-state index contributed by atoms with van der Waals surface area (Å²) in [6, 6.07) is 7.14. The molecule has 0 aliphatic rings. The summed E-state index contributed by atoms with van der Waals surface area (Å²) in [6.45, 7) is 1.92. The van der Waals surface area contributed by atoms with Gasteiger partial charge in [-0.25, -0.2) is 8.78 Å². The Bertz CT molecular complexity index is 385. The molecule has 0 heterocycles. The maximum atomic E-state index is 12.7. The number of benzene rings is 1. The molecule has 1 aromatic rings. The van der Waals surface area contributed by atoms with Gasteiger partial charge in [0.2, 0.25) is 0 Å². The van der Waals surface area contributed by atoms with Crippen molar-refractivity contribution < 1.29 is 22.3 Å². The number of hydrogen-bond donors (Lipinski definition) is 1. The Labute approximate surface area is 109 Å². The summed E-state index contributed by atoms with van der Waals surface area (Å²) in [5.74, 6) is -4.10. The third-order valence-corrected chi connectivity index (χ3v) is 2.56. The molecule has 0 spiro atoms. The van der Waals surface area contributed by atoms with Gasteiger partial charge in [-0.15, -0.1) is 0 Å². The molecular formula is C13H17F4NO. The van der Waals surface area contributed by atoms with Crippen molar-refractivity contribution in [3.8, 4) is 0 Å². The van der Waals surface area contributed by atoms with Crippen molar-refractivity contribution >= 4 is 0 Å². The molecule has 0 aliphatic carbocycles. The Hall–Kier alpha value is -1.14. The predicted octanol–water partition coefficient (Wildman–Crippen LogP) is 3.21. The summed E-state index contributed by atoms with van der Waals surface area (Å²) in [4.78, 5) is 0. The fourth-order valence-electron chi connectivity index (χ4n) is 1.49. The molecule has 0 radical (unpaired) electrons. The lowest BCUT2D eigenvalue weighted by atomic mass is 10.1. The predicted molar refractivity (Wildman–Crippen MR) is 64.4 cm³/mol. The summed E-state index contributed by atoms with van der Waals surface area (Å²) in [5, 5.41) is 3.11. The first-order valence-electron chi connectivity index (χ1n) is 5.98. The van der Waals surface area contributed by atoms with Gasteiger partial charge in [-0.3, -0.25) is 0 Å². The third kappa shape index (κ3) is 5.16. The van der Waals surface area contributed by atoms with Gasteiger partial charge in [-0.1, -0.05) is 31.2 Å². The highest BCUT2D eigenvalue weighted by atomic mass is 19.3. The van der Waals surface area contributed by atoms with Crippen LogP contribution in [0, 0.1) is 0 Å². The fourth-order valence-corrected chi connectivity index (χ4v) is 1.49. The van der Waals surface area contributed by atoms with E-state index in [1.165, 1.54) is 0 Å². The third-order valence-electron chi connectivity index (χ3n) is 2.56. The van der Waals surface area contributed by atoms with Gasteiger partial charge in [-0.2, -0.15) is 8.78 Å². The van der Waals surface area contributed by atoms with Gasteiger partial charge in [0, 0.05) is 6.54 Å². The van der Waals surface area contributed by atoms with E-state index < -0.39 is 19.0 Å². The van der Waals surface area contributed by atoms with Crippen LogP contribution in [0.2, 0.25) is 0 Å². The molecule has 0 aromatic heterocycles. The molecule has 0 atom stereocenters. The van der Waals surface area contributed by atoms with E-state index in [0.29, 0.717) is 12.1 Å². The van der Waals surface area contributed by atoms with E-state index in [1.807, 2.05) is 19.1 Å². The van der Waals surface area contributed by atoms with Crippen molar-refractivity contribution in [2.24, 2.45) is 0 Å². The maximum Gasteiger partial charge on any atom is 0.330 e. The Morgan fingerprint density at radius 3 is 2.42 bits per heavy atom. The molecule has 0 aliphatic heterocycles. The van der Waals surface area contributed by atoms with Gasteiger partial charge in [0.15, 0.2) is 0 Å². The van der Waals surface area contributed by atoms with E-state index in [4.69, 9.17) is 4.74 Å². The molecule has 19 heavy (non-hydrogen) atoms. The van der Waals surface area contributed by atoms with Crippen molar-refractivity contribution in [2.45, 2.75) is 32.4 Å². The summed E-state index contributed by atoms with van der Waals surface area (Å²) in [5.41, 5.74) is 1.62. The molecule has 108 valence electrons. The van der Waals surface area contributed by atoms with Crippen LogP contribution in [0.4, 0.5) is 17.6 Å². The van der Waals surface area contributed by atoms with Crippen LogP contribution in [0.5, 0.6) is 0 Å². The van der Waals surface area contributed by atoms with Gasteiger partial charge in [0.25, 0.3) is 0 Å². The number of ether oxygens (including phenoxy) is 1. The SMILES string of the molecule is CCNCc1ccccc1COCC(F)(F)C(F)F. The molecule has 0 bridgehead atoms. The first-order chi connectivity index (χ1) is 8.97. The quantitative estimate of drug-likeness (QED) is 0.738. The first kappa shape index (κ1) is 15.9. The van der Waals surface area contributed by atoms with Crippen LogP contribution >= 0.6 is 0 Å². The fraction of sp³-hybridized carbons (Fsp3) is 0.538. The van der Waals surface area contributed by atoms with Crippen molar-refractivity contribution in [1.82, 2.24) is 5.32 Å². The normalized spacial score (nSPS) is 12.1. The summed E-state index contributed by atoms with van der Waals surface area (Å²) in [7, 11) is 0. The topological polar surface area (TPSA) is 21.3 Å². The van der Waals surface area contributed by atoms with Gasteiger partial charge in [0.1, 0.15) is 6.61 Å². The lowest BCUT2D eigenvalue weighted by molar-refractivity contribution is -0.168. The molecule has 0 unspecified atom stereocenters. The standard InChI is InChI=1S/C13H17F4NO/c1-2-18-7-10-5-3-4-6-11(10)8-19-9-13(16,17)12(14)15/h3-6,12,18H,2,7-9H2,1H3.